The lowest BCUT2D eigenvalue weighted by Crippen LogP contribution is -2.39. The predicted molar refractivity (Wildman–Crippen MR) is 116 cm³/mol. The Morgan fingerprint density at radius 1 is 1.13 bits per heavy atom. The molecule has 6 heteroatoms. The molecule has 1 N–H and O–H groups in total. The highest BCUT2D eigenvalue weighted by Gasteiger charge is 2.30. The molecule has 1 aliphatic heterocycles. The van der Waals surface area contributed by atoms with Crippen molar-refractivity contribution >= 4 is 11.8 Å². The Hall–Kier alpha value is -2.73. The average Bonchev–Trinajstić information content (AvgIpc) is 2.89. The van der Waals surface area contributed by atoms with E-state index in [1.54, 1.807) is 19.2 Å². The van der Waals surface area contributed by atoms with Crippen molar-refractivity contribution in [2.75, 3.05) is 39.8 Å². The van der Waals surface area contributed by atoms with E-state index in [-0.39, 0.29) is 23.5 Å². The van der Waals surface area contributed by atoms with Gasteiger partial charge in [0.2, 0.25) is 11.8 Å². The second-order valence-corrected chi connectivity index (χ2v) is 7.81. The van der Waals surface area contributed by atoms with Gasteiger partial charge in [-0.2, -0.15) is 0 Å². The molecule has 0 aromatic heterocycles. The standard InChI is InChI=1S/C24H30FN3O2/c1-3-12-28-14-13-27(17-23(29)26-2)16-20(24(28)30)15-18-8-10-19(11-9-18)21-6-4-5-7-22(21)25/h4-11,20H,3,12-17H2,1-2H3,(H,26,29)/t20-/m0/s1. The molecule has 1 atom stereocenters. The van der Waals surface area contributed by atoms with Crippen LogP contribution < -0.4 is 5.32 Å². The van der Waals surface area contributed by atoms with Crippen LogP contribution in [0.25, 0.3) is 11.1 Å². The van der Waals surface area contributed by atoms with E-state index in [9.17, 15) is 14.0 Å². The quantitative estimate of drug-likeness (QED) is 0.762. The molecule has 0 spiro atoms. The first-order valence-corrected chi connectivity index (χ1v) is 10.6. The summed E-state index contributed by atoms with van der Waals surface area (Å²) in [5.41, 5.74) is 2.42. The molecule has 30 heavy (non-hydrogen) atoms. The third-order valence-corrected chi connectivity index (χ3v) is 5.59. The highest BCUT2D eigenvalue weighted by atomic mass is 19.1. The molecule has 1 fully saturated rings. The minimum atomic E-state index is -0.246. The van der Waals surface area contributed by atoms with Crippen LogP contribution in [0.15, 0.2) is 48.5 Å². The van der Waals surface area contributed by atoms with Crippen molar-refractivity contribution < 1.29 is 14.0 Å². The summed E-state index contributed by atoms with van der Waals surface area (Å²) < 4.78 is 14.0. The number of halogens is 1. The van der Waals surface area contributed by atoms with Gasteiger partial charge in [-0.15, -0.1) is 0 Å². The van der Waals surface area contributed by atoms with Gasteiger partial charge in [0, 0.05) is 38.8 Å². The summed E-state index contributed by atoms with van der Waals surface area (Å²) in [6.07, 6.45) is 1.51. The molecular weight excluding hydrogens is 381 g/mol. The van der Waals surface area contributed by atoms with E-state index in [0.29, 0.717) is 38.2 Å². The first kappa shape index (κ1) is 22.0. The molecule has 0 aliphatic carbocycles. The van der Waals surface area contributed by atoms with E-state index in [0.717, 1.165) is 24.1 Å². The zero-order valence-corrected chi connectivity index (χ0v) is 17.7. The highest BCUT2D eigenvalue weighted by molar-refractivity contribution is 5.80. The summed E-state index contributed by atoms with van der Waals surface area (Å²) >= 11 is 0. The summed E-state index contributed by atoms with van der Waals surface area (Å²) in [7, 11) is 1.63. The third-order valence-electron chi connectivity index (χ3n) is 5.59. The number of nitrogens with zero attached hydrogens (tertiary/aromatic N) is 2. The molecule has 1 aliphatic rings. The monoisotopic (exact) mass is 411 g/mol. The van der Waals surface area contributed by atoms with Crippen LogP contribution in [0, 0.1) is 11.7 Å². The fourth-order valence-electron chi connectivity index (χ4n) is 3.98. The van der Waals surface area contributed by atoms with Crippen LogP contribution in [-0.2, 0) is 16.0 Å². The van der Waals surface area contributed by atoms with Crippen LogP contribution in [0.4, 0.5) is 4.39 Å². The van der Waals surface area contributed by atoms with Gasteiger partial charge in [0.15, 0.2) is 0 Å². The minimum absolute atomic E-state index is 0.0422. The lowest BCUT2D eigenvalue weighted by Gasteiger charge is -2.23. The zero-order chi connectivity index (χ0) is 21.5. The molecular formula is C24H30FN3O2. The van der Waals surface area contributed by atoms with E-state index in [4.69, 9.17) is 0 Å². The van der Waals surface area contributed by atoms with Crippen molar-refractivity contribution in [3.05, 3.63) is 59.9 Å². The second-order valence-electron chi connectivity index (χ2n) is 7.81. The van der Waals surface area contributed by atoms with Crippen LogP contribution in [0.3, 0.4) is 0 Å². The normalized spacial score (nSPS) is 17.6. The first-order valence-electron chi connectivity index (χ1n) is 10.6. The molecule has 5 nitrogen and oxygen atoms in total. The van der Waals surface area contributed by atoms with Crippen LogP contribution in [0.1, 0.15) is 18.9 Å². The van der Waals surface area contributed by atoms with E-state index in [2.05, 4.69) is 17.1 Å². The average molecular weight is 412 g/mol. The maximum atomic E-state index is 14.0. The van der Waals surface area contributed by atoms with E-state index in [1.165, 1.54) is 6.07 Å². The predicted octanol–water partition coefficient (Wildman–Crippen LogP) is 2.95. The SMILES string of the molecule is CCCN1CCN(CC(=O)NC)C[C@H](Cc2ccc(-c3ccccc3F)cc2)C1=O. The van der Waals surface area contributed by atoms with Crippen LogP contribution in [0.5, 0.6) is 0 Å². The van der Waals surface area contributed by atoms with E-state index in [1.807, 2.05) is 35.2 Å². The van der Waals surface area contributed by atoms with Crippen molar-refractivity contribution in [3.63, 3.8) is 0 Å². The number of carbonyl (C=O) groups is 2. The van der Waals surface area contributed by atoms with Crippen molar-refractivity contribution in [2.45, 2.75) is 19.8 Å². The van der Waals surface area contributed by atoms with Crippen molar-refractivity contribution in [1.82, 2.24) is 15.1 Å². The number of benzene rings is 2. The third kappa shape index (κ3) is 5.45. The summed E-state index contributed by atoms with van der Waals surface area (Å²) in [6, 6.07) is 14.5. The van der Waals surface area contributed by atoms with Gasteiger partial charge >= 0.3 is 0 Å². The fraction of sp³-hybridized carbons (Fsp3) is 0.417. The lowest BCUT2D eigenvalue weighted by molar-refractivity contribution is -0.134. The van der Waals surface area contributed by atoms with E-state index >= 15 is 0 Å². The number of nitrogens with one attached hydrogen (secondary N) is 1. The lowest BCUT2D eigenvalue weighted by atomic mass is 9.95. The molecule has 0 bridgehead atoms. The van der Waals surface area contributed by atoms with Gasteiger partial charge in [0.05, 0.1) is 12.5 Å². The number of amides is 2. The molecule has 2 aromatic carbocycles. The van der Waals surface area contributed by atoms with Gasteiger partial charge in [-0.3, -0.25) is 14.5 Å². The van der Waals surface area contributed by atoms with Crippen molar-refractivity contribution in [2.24, 2.45) is 5.92 Å². The van der Waals surface area contributed by atoms with Gasteiger partial charge in [-0.1, -0.05) is 49.4 Å². The highest BCUT2D eigenvalue weighted by Crippen LogP contribution is 2.24. The van der Waals surface area contributed by atoms with Crippen molar-refractivity contribution in [1.29, 1.82) is 0 Å². The Bertz CT molecular complexity index is 869. The van der Waals surface area contributed by atoms with Gasteiger partial charge in [0.1, 0.15) is 5.82 Å². The van der Waals surface area contributed by atoms with Gasteiger partial charge in [-0.25, -0.2) is 4.39 Å². The number of likely N-dealkylation sites (N-methyl/N-ethyl adjacent to an activating group) is 1. The zero-order valence-electron chi connectivity index (χ0n) is 17.7. The number of hydrogen-bond donors (Lipinski definition) is 1. The molecule has 0 saturated carbocycles. The minimum Gasteiger partial charge on any atom is -0.358 e. The summed E-state index contributed by atoms with van der Waals surface area (Å²) in [4.78, 5) is 29.0. The molecule has 0 radical (unpaired) electrons. The number of hydrogen-bond acceptors (Lipinski definition) is 3. The maximum Gasteiger partial charge on any atom is 0.233 e. The van der Waals surface area contributed by atoms with Crippen molar-refractivity contribution in [3.8, 4) is 11.1 Å². The van der Waals surface area contributed by atoms with Gasteiger partial charge in [-0.05, 0) is 30.0 Å². The first-order chi connectivity index (χ1) is 14.5. The summed E-state index contributed by atoms with van der Waals surface area (Å²) in [5, 5.41) is 2.66. The molecule has 0 unspecified atom stereocenters. The Kier molecular flexibility index (Phi) is 7.57. The molecule has 2 amide bonds. The summed E-state index contributed by atoms with van der Waals surface area (Å²) in [5.74, 6) is -0.346. The maximum absolute atomic E-state index is 14.0. The molecule has 2 aromatic rings. The Balaban J connectivity index is 1.76. The van der Waals surface area contributed by atoms with Gasteiger partial charge in [0.25, 0.3) is 0 Å². The molecule has 160 valence electrons. The topological polar surface area (TPSA) is 52.6 Å². The largest absolute Gasteiger partial charge is 0.358 e. The second kappa shape index (κ2) is 10.3. The van der Waals surface area contributed by atoms with Crippen LogP contribution >= 0.6 is 0 Å². The number of rotatable bonds is 7. The van der Waals surface area contributed by atoms with Crippen LogP contribution in [0.2, 0.25) is 0 Å². The molecule has 1 saturated heterocycles. The fourth-order valence-corrected chi connectivity index (χ4v) is 3.98. The molecule has 1 heterocycles. The summed E-state index contributed by atoms with van der Waals surface area (Å²) in [6.45, 7) is 4.99. The van der Waals surface area contributed by atoms with E-state index < -0.39 is 0 Å². The number of carbonyl (C=O) groups excluding carboxylic acids is 2. The Morgan fingerprint density at radius 3 is 2.53 bits per heavy atom. The molecule has 3 rings (SSSR count). The van der Waals surface area contributed by atoms with Crippen LogP contribution in [-0.4, -0.2) is 61.4 Å². The Morgan fingerprint density at radius 2 is 1.87 bits per heavy atom. The smallest absolute Gasteiger partial charge is 0.233 e. The Labute approximate surface area is 177 Å². The van der Waals surface area contributed by atoms with Gasteiger partial charge < -0.3 is 10.2 Å².